The highest BCUT2D eigenvalue weighted by Crippen LogP contribution is 2.32. The maximum atomic E-state index is 13.5. The zero-order valence-electron chi connectivity index (χ0n) is 21.5. The van der Waals surface area contributed by atoms with Gasteiger partial charge < -0.3 is 10.2 Å². The molecule has 1 aliphatic carbocycles. The summed E-state index contributed by atoms with van der Waals surface area (Å²) in [5, 5.41) is 5.04. The maximum Gasteiger partial charge on any atom is 0.255 e. The summed E-state index contributed by atoms with van der Waals surface area (Å²) in [4.78, 5) is 20.4. The number of piperazine rings is 1. The van der Waals surface area contributed by atoms with Crippen LogP contribution in [-0.2, 0) is 9.84 Å². The van der Waals surface area contributed by atoms with E-state index in [9.17, 15) is 13.2 Å². The average Bonchev–Trinajstić information content (AvgIpc) is 2.93. The van der Waals surface area contributed by atoms with Gasteiger partial charge in [-0.05, 0) is 47.5 Å². The van der Waals surface area contributed by atoms with Crippen molar-refractivity contribution in [2.75, 3.05) is 39.0 Å². The Morgan fingerprint density at radius 2 is 1.77 bits per heavy atom. The molecule has 2 atom stereocenters. The highest BCUT2D eigenvalue weighted by atomic mass is 35.5. The lowest BCUT2D eigenvalue weighted by atomic mass is 9.96. The first kappa shape index (κ1) is 26.0. The van der Waals surface area contributed by atoms with E-state index in [1.165, 1.54) is 6.26 Å². The predicted octanol–water partition coefficient (Wildman–Crippen LogP) is 4.22. The SMILES string of the molecule is CS(=O)(=O)C1C=CC(n2c(=O)ccc3cnc4ccc(-c5ccc(Cl)cc5)cc4c32)=CC1CN1CCNCC1. The van der Waals surface area contributed by atoms with E-state index in [1.807, 2.05) is 42.5 Å². The van der Waals surface area contributed by atoms with Crippen LogP contribution in [0.2, 0.25) is 5.02 Å². The molecule has 7 nitrogen and oxygen atoms in total. The van der Waals surface area contributed by atoms with Gasteiger partial charge in [-0.25, -0.2) is 8.42 Å². The molecule has 2 aromatic heterocycles. The maximum absolute atomic E-state index is 13.5. The zero-order valence-corrected chi connectivity index (χ0v) is 23.1. The van der Waals surface area contributed by atoms with Crippen LogP contribution in [0.4, 0.5) is 0 Å². The Morgan fingerprint density at radius 1 is 1.03 bits per heavy atom. The van der Waals surface area contributed by atoms with Gasteiger partial charge in [-0.3, -0.25) is 14.3 Å². The van der Waals surface area contributed by atoms with Gasteiger partial charge in [-0.2, -0.15) is 0 Å². The van der Waals surface area contributed by atoms with Crippen molar-refractivity contribution < 1.29 is 8.42 Å². The Morgan fingerprint density at radius 3 is 2.51 bits per heavy atom. The Kier molecular flexibility index (Phi) is 6.89. The number of hydrogen-bond donors (Lipinski definition) is 1. The van der Waals surface area contributed by atoms with Crippen molar-refractivity contribution in [3.8, 4) is 11.1 Å². The van der Waals surface area contributed by atoms with E-state index in [0.29, 0.717) is 17.3 Å². The van der Waals surface area contributed by atoms with Crippen LogP contribution >= 0.6 is 11.6 Å². The fourth-order valence-corrected chi connectivity index (χ4v) is 6.94. The van der Waals surface area contributed by atoms with Gasteiger partial charge in [0, 0.05) is 78.7 Å². The number of sulfone groups is 1. The third-order valence-corrected chi connectivity index (χ3v) is 9.34. The molecule has 9 heteroatoms. The highest BCUT2D eigenvalue weighted by Gasteiger charge is 2.32. The minimum absolute atomic E-state index is 0.179. The van der Waals surface area contributed by atoms with Crippen LogP contribution in [0.1, 0.15) is 0 Å². The summed E-state index contributed by atoms with van der Waals surface area (Å²) in [5.41, 5.74) is 4.01. The van der Waals surface area contributed by atoms with Crippen molar-refractivity contribution in [3.05, 3.63) is 94.4 Å². The molecule has 1 saturated heterocycles. The van der Waals surface area contributed by atoms with Crippen LogP contribution in [0.5, 0.6) is 0 Å². The molecule has 2 aromatic carbocycles. The fourth-order valence-electron chi connectivity index (χ4n) is 5.65. The largest absolute Gasteiger partial charge is 0.314 e. The third kappa shape index (κ3) is 5.17. The Bertz CT molecular complexity index is 1790. The van der Waals surface area contributed by atoms with Gasteiger partial charge in [0.25, 0.3) is 5.56 Å². The first-order valence-electron chi connectivity index (χ1n) is 13.0. The lowest BCUT2D eigenvalue weighted by molar-refractivity contribution is 0.220. The van der Waals surface area contributed by atoms with E-state index in [2.05, 4.69) is 21.3 Å². The molecular formula is C30H29ClN4O3S. The molecule has 0 amide bonds. The van der Waals surface area contributed by atoms with E-state index >= 15 is 0 Å². The Balaban J connectivity index is 1.52. The number of pyridine rings is 2. The number of nitrogens with zero attached hydrogens (tertiary/aromatic N) is 3. The molecule has 0 saturated carbocycles. The molecule has 39 heavy (non-hydrogen) atoms. The standard InChI is InChI=1S/C30H29ClN4O3S/c1-39(37,38)28-10-8-25(16-23(28)19-34-14-12-32-13-15-34)35-29(36)11-5-22-18-33-27-9-4-21(17-26(27)30(22)35)20-2-6-24(31)7-3-20/h2-11,16-18,23,28,32H,12-15,19H2,1H3. The molecule has 6 rings (SSSR count). The fraction of sp³-hybridized carbons (Fsp3) is 0.267. The quantitative estimate of drug-likeness (QED) is 0.368. The van der Waals surface area contributed by atoms with E-state index in [-0.39, 0.29) is 11.5 Å². The summed E-state index contributed by atoms with van der Waals surface area (Å²) in [5.74, 6) is -0.280. The van der Waals surface area contributed by atoms with Crippen molar-refractivity contribution in [2.24, 2.45) is 5.92 Å². The van der Waals surface area contributed by atoms with E-state index in [4.69, 9.17) is 11.6 Å². The number of nitrogens with one attached hydrogen (secondary N) is 1. The van der Waals surface area contributed by atoms with E-state index < -0.39 is 15.1 Å². The summed E-state index contributed by atoms with van der Waals surface area (Å²) >= 11 is 6.10. The van der Waals surface area contributed by atoms with Gasteiger partial charge in [0.05, 0.1) is 16.3 Å². The van der Waals surface area contributed by atoms with Crippen molar-refractivity contribution in [1.82, 2.24) is 19.8 Å². The van der Waals surface area contributed by atoms with Gasteiger partial charge in [0.15, 0.2) is 9.84 Å². The molecule has 0 spiro atoms. The van der Waals surface area contributed by atoms with Gasteiger partial charge in [0.1, 0.15) is 0 Å². The molecule has 0 radical (unpaired) electrons. The number of benzene rings is 2. The van der Waals surface area contributed by atoms with Crippen LogP contribution < -0.4 is 10.9 Å². The summed E-state index contributed by atoms with van der Waals surface area (Å²) in [6.07, 6.45) is 8.54. The minimum atomic E-state index is -3.34. The molecular weight excluding hydrogens is 532 g/mol. The summed E-state index contributed by atoms with van der Waals surface area (Å²) in [6, 6.07) is 17.0. The summed E-state index contributed by atoms with van der Waals surface area (Å²) < 4.78 is 27.2. The topological polar surface area (TPSA) is 84.3 Å². The number of rotatable bonds is 5. The van der Waals surface area contributed by atoms with Crippen LogP contribution in [0.25, 0.3) is 38.6 Å². The van der Waals surface area contributed by atoms with Crippen LogP contribution in [0.15, 0.2) is 83.8 Å². The molecule has 1 N–H and O–H groups in total. The number of aromatic nitrogens is 2. The first-order chi connectivity index (χ1) is 18.8. The average molecular weight is 561 g/mol. The number of halogens is 1. The second kappa shape index (κ2) is 10.4. The van der Waals surface area contributed by atoms with Gasteiger partial charge in [-0.15, -0.1) is 0 Å². The van der Waals surface area contributed by atoms with Crippen LogP contribution in [0, 0.1) is 5.92 Å². The molecule has 1 fully saturated rings. The molecule has 1 aliphatic heterocycles. The van der Waals surface area contributed by atoms with Crippen LogP contribution in [0.3, 0.4) is 0 Å². The molecule has 4 aromatic rings. The second-order valence-electron chi connectivity index (χ2n) is 10.3. The Hall–Kier alpha value is -3.30. The summed E-state index contributed by atoms with van der Waals surface area (Å²) in [7, 11) is -3.34. The van der Waals surface area contributed by atoms with Crippen LogP contribution in [-0.4, -0.2) is 67.1 Å². The zero-order chi connectivity index (χ0) is 27.1. The molecule has 200 valence electrons. The molecule has 0 bridgehead atoms. The molecule has 3 heterocycles. The Labute approximate surface area is 232 Å². The lowest BCUT2D eigenvalue weighted by Gasteiger charge is -2.33. The highest BCUT2D eigenvalue weighted by molar-refractivity contribution is 7.91. The summed E-state index contributed by atoms with van der Waals surface area (Å²) in [6.45, 7) is 4.08. The van der Waals surface area contributed by atoms with Gasteiger partial charge >= 0.3 is 0 Å². The van der Waals surface area contributed by atoms with Crippen molar-refractivity contribution in [3.63, 3.8) is 0 Å². The first-order valence-corrected chi connectivity index (χ1v) is 15.3. The predicted molar refractivity (Wildman–Crippen MR) is 159 cm³/mol. The number of hydrogen-bond acceptors (Lipinski definition) is 6. The van der Waals surface area contributed by atoms with Gasteiger partial charge in [0.2, 0.25) is 0 Å². The lowest BCUT2D eigenvalue weighted by Crippen LogP contribution is -2.47. The smallest absolute Gasteiger partial charge is 0.255 e. The van der Waals surface area contributed by atoms with E-state index in [0.717, 1.165) is 59.1 Å². The minimum Gasteiger partial charge on any atom is -0.314 e. The van der Waals surface area contributed by atoms with E-state index in [1.54, 1.807) is 35.0 Å². The molecule has 2 aliphatic rings. The normalized spacial score (nSPS) is 20.4. The van der Waals surface area contributed by atoms with Crippen molar-refractivity contribution in [2.45, 2.75) is 5.25 Å². The third-order valence-electron chi connectivity index (χ3n) is 7.59. The number of allylic oxidation sites excluding steroid dienone is 2. The van der Waals surface area contributed by atoms with Gasteiger partial charge in [-0.1, -0.05) is 42.0 Å². The second-order valence-corrected chi connectivity index (χ2v) is 12.9. The van der Waals surface area contributed by atoms with Crippen molar-refractivity contribution in [1.29, 1.82) is 0 Å². The number of fused-ring (bicyclic) bond motifs is 3. The van der Waals surface area contributed by atoms with Crippen molar-refractivity contribution >= 4 is 48.9 Å². The monoisotopic (exact) mass is 560 g/mol. The molecule has 2 unspecified atom stereocenters.